The molecule has 0 amide bonds. The molecular weight excluding hydrogens is 290 g/mol. The number of para-hydroxylation sites is 1. The summed E-state index contributed by atoms with van der Waals surface area (Å²) in [4.78, 5) is 11.2. The molecule has 0 saturated carbocycles. The van der Waals surface area contributed by atoms with Gasteiger partial charge >= 0.3 is 0 Å². The van der Waals surface area contributed by atoms with Crippen molar-refractivity contribution in [2.45, 2.75) is 12.8 Å². The minimum Gasteiger partial charge on any atom is -0.396 e. The Morgan fingerprint density at radius 3 is 2.87 bits per heavy atom. The summed E-state index contributed by atoms with van der Waals surface area (Å²) in [7, 11) is 0. The van der Waals surface area contributed by atoms with Crippen LogP contribution in [0, 0.1) is 5.92 Å². The van der Waals surface area contributed by atoms with E-state index in [-0.39, 0.29) is 6.61 Å². The molecule has 0 spiro atoms. The molecule has 1 atom stereocenters. The van der Waals surface area contributed by atoms with Crippen molar-refractivity contribution in [2.24, 2.45) is 5.92 Å². The van der Waals surface area contributed by atoms with Gasteiger partial charge in [-0.2, -0.15) is 5.10 Å². The summed E-state index contributed by atoms with van der Waals surface area (Å²) in [5.41, 5.74) is 1.80. The fraction of sp³-hybridized carbons (Fsp3) is 0.353. The number of fused-ring (bicyclic) bond motifs is 1. The number of aliphatic hydroxyl groups is 1. The zero-order valence-electron chi connectivity index (χ0n) is 12.8. The maximum atomic E-state index is 9.45. The van der Waals surface area contributed by atoms with Crippen molar-refractivity contribution in [3.8, 4) is 5.69 Å². The first kappa shape index (κ1) is 14.1. The van der Waals surface area contributed by atoms with Crippen LogP contribution in [0.4, 0.5) is 5.82 Å². The van der Waals surface area contributed by atoms with Gasteiger partial charge < -0.3 is 10.0 Å². The molecule has 1 fully saturated rings. The predicted molar refractivity (Wildman–Crippen MR) is 88.7 cm³/mol. The van der Waals surface area contributed by atoms with Gasteiger partial charge in [0.1, 0.15) is 12.1 Å². The Morgan fingerprint density at radius 2 is 2.04 bits per heavy atom. The lowest BCUT2D eigenvalue weighted by molar-refractivity contribution is 0.208. The molecule has 1 saturated heterocycles. The maximum absolute atomic E-state index is 9.45. The number of nitrogens with zero attached hydrogens (tertiary/aromatic N) is 5. The topological polar surface area (TPSA) is 67.1 Å². The zero-order valence-corrected chi connectivity index (χ0v) is 12.8. The number of aromatic nitrogens is 4. The van der Waals surface area contributed by atoms with Gasteiger partial charge in [0.05, 0.1) is 17.3 Å². The van der Waals surface area contributed by atoms with Crippen LogP contribution in [-0.2, 0) is 0 Å². The van der Waals surface area contributed by atoms with E-state index < -0.39 is 0 Å². The molecule has 3 aromatic rings. The molecular formula is C17H19N5O. The number of piperidine rings is 1. The molecule has 0 bridgehead atoms. The van der Waals surface area contributed by atoms with Crippen molar-refractivity contribution in [3.63, 3.8) is 0 Å². The Hall–Kier alpha value is -2.47. The van der Waals surface area contributed by atoms with Gasteiger partial charge in [-0.3, -0.25) is 0 Å². The zero-order chi connectivity index (χ0) is 15.6. The van der Waals surface area contributed by atoms with Gasteiger partial charge in [-0.05, 0) is 30.9 Å². The molecule has 6 nitrogen and oxygen atoms in total. The fourth-order valence-electron chi connectivity index (χ4n) is 3.25. The van der Waals surface area contributed by atoms with E-state index in [9.17, 15) is 5.11 Å². The number of anilines is 1. The van der Waals surface area contributed by atoms with Gasteiger partial charge in [0.2, 0.25) is 0 Å². The van der Waals surface area contributed by atoms with Crippen LogP contribution in [0.15, 0.2) is 42.9 Å². The molecule has 2 aromatic heterocycles. The molecule has 23 heavy (non-hydrogen) atoms. The van der Waals surface area contributed by atoms with Gasteiger partial charge in [-0.25, -0.2) is 14.6 Å². The number of aliphatic hydroxyl groups excluding tert-OH is 1. The minimum absolute atomic E-state index is 0.230. The Balaban J connectivity index is 1.76. The highest BCUT2D eigenvalue weighted by Gasteiger charge is 2.23. The number of rotatable bonds is 3. The van der Waals surface area contributed by atoms with Gasteiger partial charge in [0, 0.05) is 19.7 Å². The largest absolute Gasteiger partial charge is 0.396 e. The Bertz CT molecular complexity index is 801. The normalized spacial score (nSPS) is 18.5. The van der Waals surface area contributed by atoms with Crippen LogP contribution >= 0.6 is 0 Å². The van der Waals surface area contributed by atoms with Gasteiger partial charge in [-0.1, -0.05) is 18.2 Å². The molecule has 1 aromatic carbocycles. The smallest absolute Gasteiger partial charge is 0.168 e. The van der Waals surface area contributed by atoms with Gasteiger partial charge in [0.25, 0.3) is 0 Å². The quantitative estimate of drug-likeness (QED) is 0.802. The maximum Gasteiger partial charge on any atom is 0.168 e. The number of benzene rings is 1. The summed E-state index contributed by atoms with van der Waals surface area (Å²) in [6.07, 6.45) is 5.58. The summed E-state index contributed by atoms with van der Waals surface area (Å²) in [6.45, 7) is 2.02. The molecule has 1 aliphatic heterocycles. The molecule has 1 N–H and O–H groups in total. The summed E-state index contributed by atoms with van der Waals surface area (Å²) in [5, 5.41) is 14.9. The van der Waals surface area contributed by atoms with E-state index in [0.717, 1.165) is 48.5 Å². The molecule has 0 aliphatic carbocycles. The van der Waals surface area contributed by atoms with Gasteiger partial charge in [0.15, 0.2) is 5.65 Å². The second kappa shape index (κ2) is 5.96. The Morgan fingerprint density at radius 1 is 1.17 bits per heavy atom. The van der Waals surface area contributed by atoms with Crippen molar-refractivity contribution < 1.29 is 5.11 Å². The molecule has 118 valence electrons. The third kappa shape index (κ3) is 2.55. The summed E-state index contributed by atoms with van der Waals surface area (Å²) in [6, 6.07) is 9.98. The minimum atomic E-state index is 0.230. The lowest BCUT2D eigenvalue weighted by Gasteiger charge is -2.32. The fourth-order valence-corrected chi connectivity index (χ4v) is 3.25. The van der Waals surface area contributed by atoms with E-state index in [1.54, 1.807) is 6.33 Å². The monoisotopic (exact) mass is 309 g/mol. The van der Waals surface area contributed by atoms with Crippen LogP contribution in [-0.4, -0.2) is 44.6 Å². The highest BCUT2D eigenvalue weighted by Crippen LogP contribution is 2.28. The van der Waals surface area contributed by atoms with Crippen molar-refractivity contribution in [2.75, 3.05) is 24.6 Å². The van der Waals surface area contributed by atoms with Crippen LogP contribution in [0.2, 0.25) is 0 Å². The van der Waals surface area contributed by atoms with E-state index in [1.165, 1.54) is 0 Å². The second-order valence-corrected chi connectivity index (χ2v) is 5.96. The van der Waals surface area contributed by atoms with Crippen molar-refractivity contribution in [1.82, 2.24) is 19.7 Å². The van der Waals surface area contributed by atoms with Crippen molar-refractivity contribution in [3.05, 3.63) is 42.9 Å². The molecule has 4 rings (SSSR count). The highest BCUT2D eigenvalue weighted by atomic mass is 16.3. The molecule has 1 aliphatic rings. The van der Waals surface area contributed by atoms with Crippen molar-refractivity contribution >= 4 is 16.9 Å². The first-order valence-electron chi connectivity index (χ1n) is 7.97. The third-order valence-corrected chi connectivity index (χ3v) is 4.42. The summed E-state index contributed by atoms with van der Waals surface area (Å²) < 4.78 is 1.84. The van der Waals surface area contributed by atoms with E-state index in [4.69, 9.17) is 0 Å². The van der Waals surface area contributed by atoms with Crippen LogP contribution in [0.1, 0.15) is 12.8 Å². The van der Waals surface area contributed by atoms with Crippen LogP contribution in [0.3, 0.4) is 0 Å². The lowest BCUT2D eigenvalue weighted by Crippen LogP contribution is -2.37. The molecule has 3 heterocycles. The lowest BCUT2D eigenvalue weighted by atomic mass is 9.99. The SMILES string of the molecule is OC[C@H]1CCCN(c2ncnc3c2cnn3-c2ccccc2)C1. The standard InChI is InChI=1S/C17H19N5O/c23-11-13-5-4-8-21(10-13)16-15-9-20-22(17(15)19-12-18-16)14-6-2-1-3-7-14/h1-3,6-7,9,12-13,23H,4-5,8,10-11H2/t13-/m0/s1. The highest BCUT2D eigenvalue weighted by molar-refractivity contribution is 5.87. The summed E-state index contributed by atoms with van der Waals surface area (Å²) in [5.74, 6) is 1.23. The van der Waals surface area contributed by atoms with Crippen LogP contribution < -0.4 is 4.90 Å². The molecule has 0 unspecified atom stereocenters. The third-order valence-electron chi connectivity index (χ3n) is 4.42. The van der Waals surface area contributed by atoms with Crippen LogP contribution in [0.25, 0.3) is 16.7 Å². The van der Waals surface area contributed by atoms with E-state index in [1.807, 2.05) is 41.2 Å². The Kier molecular flexibility index (Phi) is 3.67. The van der Waals surface area contributed by atoms with Crippen molar-refractivity contribution in [1.29, 1.82) is 0 Å². The number of hydrogen-bond donors (Lipinski definition) is 1. The number of hydrogen-bond acceptors (Lipinski definition) is 5. The van der Waals surface area contributed by atoms with E-state index in [0.29, 0.717) is 5.92 Å². The molecule has 0 radical (unpaired) electrons. The van der Waals surface area contributed by atoms with Gasteiger partial charge in [-0.15, -0.1) is 0 Å². The average Bonchev–Trinajstić information content (AvgIpc) is 3.06. The first-order valence-corrected chi connectivity index (χ1v) is 7.97. The van der Waals surface area contributed by atoms with Crippen LogP contribution in [0.5, 0.6) is 0 Å². The summed E-state index contributed by atoms with van der Waals surface area (Å²) >= 11 is 0. The molecule has 6 heteroatoms. The predicted octanol–water partition coefficient (Wildman–Crippen LogP) is 2.02. The average molecular weight is 309 g/mol. The Labute approximate surface area is 134 Å². The van der Waals surface area contributed by atoms with E-state index >= 15 is 0 Å². The second-order valence-electron chi connectivity index (χ2n) is 5.96. The first-order chi connectivity index (χ1) is 11.4. The van der Waals surface area contributed by atoms with E-state index in [2.05, 4.69) is 20.0 Å².